The first-order valence-corrected chi connectivity index (χ1v) is 10.0. The molecule has 132 valence electrons. The van der Waals surface area contributed by atoms with Crippen LogP contribution in [0.3, 0.4) is 0 Å². The van der Waals surface area contributed by atoms with Crippen LogP contribution in [0.1, 0.15) is 11.8 Å². The number of hydrogen-bond acceptors (Lipinski definition) is 11. The summed E-state index contributed by atoms with van der Waals surface area (Å²) in [7, 11) is -7.41. The second kappa shape index (κ2) is 6.27. The van der Waals surface area contributed by atoms with Gasteiger partial charge in [0.25, 0.3) is 0 Å². The maximum atomic E-state index is 11.3. The Morgan fingerprint density at radius 2 is 1.29 bits per heavy atom. The molecule has 14 heteroatoms. The summed E-state index contributed by atoms with van der Waals surface area (Å²) >= 11 is 0. The monoisotopic (exact) mass is 380 g/mol. The summed E-state index contributed by atoms with van der Waals surface area (Å²) in [5.41, 5.74) is 0. The molecule has 0 spiro atoms. The van der Waals surface area contributed by atoms with Crippen LogP contribution in [-0.2, 0) is 37.3 Å². The van der Waals surface area contributed by atoms with Gasteiger partial charge in [-0.3, -0.25) is 4.79 Å². The van der Waals surface area contributed by atoms with Gasteiger partial charge in [0.05, 0.1) is 5.92 Å². The van der Waals surface area contributed by atoms with Gasteiger partial charge >= 0.3 is 16.4 Å². The van der Waals surface area contributed by atoms with E-state index < -0.39 is 42.0 Å². The number of nitrogens with zero attached hydrogens (tertiary/aromatic N) is 4. The van der Waals surface area contributed by atoms with Gasteiger partial charge in [-0.05, 0) is 0 Å². The number of hydrogen-bond donors (Lipinski definition) is 1. The minimum absolute atomic E-state index is 0.203. The van der Waals surface area contributed by atoms with Crippen molar-refractivity contribution in [1.29, 1.82) is 0 Å². The molecule has 0 aliphatic rings. The second-order valence-corrected chi connectivity index (χ2v) is 8.70. The molecule has 2 heterocycles. The SMILES string of the molecule is CS(=O)(=O)c1nnc(CC(Cc2nnc(S(C)(=O)=O)o2)C(=O)O)o1. The Morgan fingerprint density at radius 1 is 0.917 bits per heavy atom. The van der Waals surface area contributed by atoms with Crippen molar-refractivity contribution >= 4 is 25.6 Å². The summed E-state index contributed by atoms with van der Waals surface area (Å²) in [5, 5.41) is 21.5. The van der Waals surface area contributed by atoms with E-state index in [-0.39, 0.29) is 24.6 Å². The molecule has 12 nitrogen and oxygen atoms in total. The van der Waals surface area contributed by atoms with Crippen molar-refractivity contribution in [2.45, 2.75) is 23.3 Å². The lowest BCUT2D eigenvalue weighted by Gasteiger charge is -2.06. The van der Waals surface area contributed by atoms with Gasteiger partial charge in [0.1, 0.15) is 0 Å². The molecular formula is C10H12N4O8S2. The first-order valence-electron chi connectivity index (χ1n) is 6.24. The fraction of sp³-hybridized carbons (Fsp3) is 0.500. The Labute approximate surface area is 135 Å². The van der Waals surface area contributed by atoms with E-state index in [4.69, 9.17) is 8.83 Å². The number of rotatable bonds is 7. The third-order valence-corrected chi connectivity index (χ3v) is 4.32. The minimum Gasteiger partial charge on any atom is -0.481 e. The van der Waals surface area contributed by atoms with Crippen LogP contribution in [-0.4, -0.2) is 60.8 Å². The fourth-order valence-electron chi connectivity index (χ4n) is 1.61. The van der Waals surface area contributed by atoms with Crippen molar-refractivity contribution in [2.75, 3.05) is 12.5 Å². The number of aliphatic carboxylic acids is 1. The lowest BCUT2D eigenvalue weighted by molar-refractivity contribution is -0.142. The smallest absolute Gasteiger partial charge is 0.335 e. The number of aromatic nitrogens is 4. The standard InChI is InChI=1S/C10H12N4O8S2/c1-23(17,18)9-13-11-6(21-9)3-5(8(15)16)4-7-12-14-10(22-7)24(2,19)20/h5H,3-4H2,1-2H3,(H,15,16). The van der Waals surface area contributed by atoms with Crippen LogP contribution in [0.2, 0.25) is 0 Å². The molecule has 0 amide bonds. The van der Waals surface area contributed by atoms with Crippen LogP contribution < -0.4 is 0 Å². The molecule has 2 aromatic rings. The molecule has 0 radical (unpaired) electrons. The van der Waals surface area contributed by atoms with E-state index in [0.717, 1.165) is 12.5 Å². The molecule has 0 fully saturated rings. The van der Waals surface area contributed by atoms with E-state index in [1.54, 1.807) is 0 Å². The molecule has 1 N–H and O–H groups in total. The minimum atomic E-state index is -3.71. The molecule has 0 unspecified atom stereocenters. The Kier molecular flexibility index (Phi) is 4.70. The van der Waals surface area contributed by atoms with Gasteiger partial charge in [0.2, 0.25) is 31.5 Å². The van der Waals surface area contributed by atoms with E-state index >= 15 is 0 Å². The van der Waals surface area contributed by atoms with Crippen LogP contribution in [0.25, 0.3) is 0 Å². The van der Waals surface area contributed by atoms with Crippen molar-refractivity contribution in [2.24, 2.45) is 5.92 Å². The summed E-state index contributed by atoms with van der Waals surface area (Å²) in [5.74, 6) is -2.84. The predicted molar refractivity (Wildman–Crippen MR) is 73.3 cm³/mol. The molecule has 0 saturated heterocycles. The van der Waals surface area contributed by atoms with E-state index in [1.165, 1.54) is 0 Å². The van der Waals surface area contributed by atoms with Gasteiger partial charge in [0.15, 0.2) is 0 Å². The first-order chi connectivity index (χ1) is 11.0. The quantitative estimate of drug-likeness (QED) is 0.602. The molecule has 0 atom stereocenters. The van der Waals surface area contributed by atoms with Gasteiger partial charge in [-0.2, -0.15) is 0 Å². The van der Waals surface area contributed by atoms with Gasteiger partial charge in [0, 0.05) is 25.4 Å². The number of sulfone groups is 2. The highest BCUT2D eigenvalue weighted by Gasteiger charge is 2.27. The Morgan fingerprint density at radius 3 is 1.54 bits per heavy atom. The third kappa shape index (κ3) is 4.35. The topological polar surface area (TPSA) is 183 Å². The van der Waals surface area contributed by atoms with Crippen molar-refractivity contribution in [3.63, 3.8) is 0 Å². The molecule has 0 aliphatic heterocycles. The van der Waals surface area contributed by atoms with Crippen molar-refractivity contribution in [1.82, 2.24) is 20.4 Å². The Hall–Kier alpha value is -2.35. The van der Waals surface area contributed by atoms with E-state index in [0.29, 0.717) is 0 Å². The van der Waals surface area contributed by atoms with Crippen molar-refractivity contribution in [3.05, 3.63) is 11.8 Å². The van der Waals surface area contributed by atoms with Crippen LogP contribution in [0, 0.1) is 5.92 Å². The van der Waals surface area contributed by atoms with Crippen LogP contribution in [0.5, 0.6) is 0 Å². The highest BCUT2D eigenvalue weighted by molar-refractivity contribution is 7.90. The zero-order valence-electron chi connectivity index (χ0n) is 12.4. The van der Waals surface area contributed by atoms with Crippen LogP contribution in [0.15, 0.2) is 19.3 Å². The average Bonchev–Trinajstić information content (AvgIpc) is 3.05. The maximum Gasteiger partial charge on any atom is 0.335 e. The predicted octanol–water partition coefficient (Wildman–Crippen LogP) is -1.25. The molecule has 0 aromatic carbocycles. The molecular weight excluding hydrogens is 368 g/mol. The number of carboxylic acids is 1. The lowest BCUT2D eigenvalue weighted by Crippen LogP contribution is -2.19. The molecule has 24 heavy (non-hydrogen) atoms. The summed E-state index contributed by atoms with van der Waals surface area (Å²) in [6, 6.07) is 0. The van der Waals surface area contributed by atoms with Gasteiger partial charge in [-0.25, -0.2) is 16.8 Å². The number of carboxylic acid groups (broad SMARTS) is 1. The summed E-state index contributed by atoms with van der Waals surface area (Å²) in [6.07, 6.45) is 1.14. The highest BCUT2D eigenvalue weighted by Crippen LogP contribution is 2.17. The van der Waals surface area contributed by atoms with E-state index in [1.807, 2.05) is 0 Å². The van der Waals surface area contributed by atoms with Crippen molar-refractivity contribution < 1.29 is 35.6 Å². The van der Waals surface area contributed by atoms with Crippen LogP contribution >= 0.6 is 0 Å². The first kappa shape index (κ1) is 18.0. The highest BCUT2D eigenvalue weighted by atomic mass is 32.2. The lowest BCUT2D eigenvalue weighted by atomic mass is 10.0. The zero-order valence-corrected chi connectivity index (χ0v) is 14.0. The summed E-state index contributed by atoms with van der Waals surface area (Å²) < 4.78 is 54.8. The molecule has 0 bridgehead atoms. The largest absolute Gasteiger partial charge is 0.481 e. The van der Waals surface area contributed by atoms with Gasteiger partial charge in [-0.15, -0.1) is 10.2 Å². The summed E-state index contributed by atoms with van der Waals surface area (Å²) in [6.45, 7) is 0. The molecule has 0 aliphatic carbocycles. The summed E-state index contributed by atoms with van der Waals surface area (Å²) in [4.78, 5) is 11.3. The third-order valence-electron chi connectivity index (χ3n) is 2.72. The Balaban J connectivity index is 2.17. The Bertz CT molecular complexity index is 886. The fourth-order valence-corrected chi connectivity index (χ4v) is 2.48. The molecule has 2 aromatic heterocycles. The molecule has 2 rings (SSSR count). The van der Waals surface area contributed by atoms with Gasteiger partial charge < -0.3 is 13.9 Å². The van der Waals surface area contributed by atoms with Gasteiger partial charge in [-0.1, -0.05) is 10.2 Å². The zero-order chi connectivity index (χ0) is 18.1. The molecule has 0 saturated carbocycles. The second-order valence-electron chi connectivity index (χ2n) is 4.91. The van der Waals surface area contributed by atoms with E-state index in [2.05, 4.69) is 20.4 Å². The van der Waals surface area contributed by atoms with Crippen molar-refractivity contribution in [3.8, 4) is 0 Å². The average molecular weight is 380 g/mol. The normalized spacial score (nSPS) is 12.6. The van der Waals surface area contributed by atoms with E-state index in [9.17, 15) is 26.7 Å². The van der Waals surface area contributed by atoms with Crippen LogP contribution in [0.4, 0.5) is 0 Å². The number of carbonyl (C=O) groups is 1. The maximum absolute atomic E-state index is 11.3.